The minimum Gasteiger partial charge on any atom is -0.323 e. The molecule has 8 heteroatoms. The Hall–Kier alpha value is -2.38. The standard InChI is InChI=1S/C14H13F4N3O/c15-11-4-1-10(2-5-11)3-6-13(22)20-12-7-19-21(8-12)9-14(16,17)18/h1-2,4-5,7-8H,3,6,9H2,(H,20,22). The molecule has 2 rings (SSSR count). The van der Waals surface area contributed by atoms with Crippen LogP contribution in [0.5, 0.6) is 0 Å². The number of anilines is 1. The molecule has 1 N–H and O–H groups in total. The number of alkyl halides is 3. The number of hydrogen-bond donors (Lipinski definition) is 1. The second-order valence-corrected chi connectivity index (χ2v) is 4.72. The largest absolute Gasteiger partial charge is 0.408 e. The Morgan fingerprint density at radius 3 is 2.55 bits per heavy atom. The average Bonchev–Trinajstić information content (AvgIpc) is 2.83. The lowest BCUT2D eigenvalue weighted by Gasteiger charge is -2.05. The van der Waals surface area contributed by atoms with Crippen molar-refractivity contribution in [3.8, 4) is 0 Å². The predicted molar refractivity (Wildman–Crippen MR) is 71.6 cm³/mol. The molecule has 0 atom stereocenters. The average molecular weight is 315 g/mol. The lowest BCUT2D eigenvalue weighted by molar-refractivity contribution is -0.142. The Balaban J connectivity index is 1.83. The molecule has 0 saturated carbocycles. The van der Waals surface area contributed by atoms with Gasteiger partial charge < -0.3 is 5.32 Å². The fraction of sp³-hybridized carbons (Fsp3) is 0.286. The van der Waals surface area contributed by atoms with Crippen LogP contribution < -0.4 is 5.32 Å². The molecule has 0 bridgehead atoms. The fourth-order valence-corrected chi connectivity index (χ4v) is 1.83. The minimum atomic E-state index is -4.37. The van der Waals surface area contributed by atoms with E-state index in [0.717, 1.165) is 18.0 Å². The minimum absolute atomic E-state index is 0.135. The number of nitrogens with zero attached hydrogens (tertiary/aromatic N) is 2. The molecule has 1 aromatic carbocycles. The number of carbonyl (C=O) groups excluding carboxylic acids is 1. The van der Waals surface area contributed by atoms with Crippen molar-refractivity contribution in [2.45, 2.75) is 25.6 Å². The first kappa shape index (κ1) is 16.0. The number of amides is 1. The van der Waals surface area contributed by atoms with Gasteiger partial charge in [0.05, 0.1) is 11.9 Å². The fourth-order valence-electron chi connectivity index (χ4n) is 1.83. The maximum atomic E-state index is 12.7. The van der Waals surface area contributed by atoms with Gasteiger partial charge in [-0.1, -0.05) is 12.1 Å². The van der Waals surface area contributed by atoms with Crippen LogP contribution >= 0.6 is 0 Å². The highest BCUT2D eigenvalue weighted by molar-refractivity contribution is 5.90. The molecule has 1 amide bonds. The van der Waals surface area contributed by atoms with Gasteiger partial charge in [0, 0.05) is 12.6 Å². The third-order valence-corrected chi connectivity index (χ3v) is 2.81. The summed E-state index contributed by atoms with van der Waals surface area (Å²) < 4.78 is 50.0. The number of hydrogen-bond acceptors (Lipinski definition) is 2. The lowest BCUT2D eigenvalue weighted by atomic mass is 10.1. The number of halogens is 4. The number of benzene rings is 1. The molecule has 2 aromatic rings. The maximum Gasteiger partial charge on any atom is 0.408 e. The molecular weight excluding hydrogens is 302 g/mol. The summed E-state index contributed by atoms with van der Waals surface area (Å²) in [6.45, 7) is -1.21. The zero-order valence-corrected chi connectivity index (χ0v) is 11.4. The number of carbonyl (C=O) groups is 1. The zero-order chi connectivity index (χ0) is 16.2. The van der Waals surface area contributed by atoms with E-state index in [2.05, 4.69) is 10.4 Å². The molecule has 0 saturated heterocycles. The van der Waals surface area contributed by atoms with Gasteiger partial charge in [-0.15, -0.1) is 0 Å². The quantitative estimate of drug-likeness (QED) is 0.862. The molecule has 0 spiro atoms. The highest BCUT2D eigenvalue weighted by Gasteiger charge is 2.28. The van der Waals surface area contributed by atoms with Crippen molar-refractivity contribution < 1.29 is 22.4 Å². The van der Waals surface area contributed by atoms with E-state index in [-0.39, 0.29) is 23.8 Å². The van der Waals surface area contributed by atoms with Crippen LogP contribution in [0.25, 0.3) is 0 Å². The molecule has 0 aliphatic carbocycles. The Kier molecular flexibility index (Phi) is 4.79. The van der Waals surface area contributed by atoms with E-state index in [0.29, 0.717) is 11.1 Å². The summed E-state index contributed by atoms with van der Waals surface area (Å²) in [6, 6.07) is 5.75. The van der Waals surface area contributed by atoms with E-state index in [1.807, 2.05) is 0 Å². The summed E-state index contributed by atoms with van der Waals surface area (Å²) in [5.74, 6) is -0.707. The van der Waals surface area contributed by atoms with E-state index in [1.165, 1.54) is 12.1 Å². The van der Waals surface area contributed by atoms with Gasteiger partial charge in [-0.3, -0.25) is 9.48 Å². The first-order valence-electron chi connectivity index (χ1n) is 6.45. The van der Waals surface area contributed by atoms with Gasteiger partial charge in [0.1, 0.15) is 12.4 Å². The second kappa shape index (κ2) is 6.59. The number of aromatic nitrogens is 2. The summed E-state index contributed by atoms with van der Waals surface area (Å²) >= 11 is 0. The summed E-state index contributed by atoms with van der Waals surface area (Å²) in [5.41, 5.74) is 0.998. The van der Waals surface area contributed by atoms with Crippen LogP contribution in [0.1, 0.15) is 12.0 Å². The van der Waals surface area contributed by atoms with Crippen LogP contribution in [0.3, 0.4) is 0 Å². The van der Waals surface area contributed by atoms with Gasteiger partial charge in [0.15, 0.2) is 0 Å². The highest BCUT2D eigenvalue weighted by atomic mass is 19.4. The molecular formula is C14H13F4N3O. The van der Waals surface area contributed by atoms with E-state index >= 15 is 0 Å². The molecule has 0 aliphatic heterocycles. The predicted octanol–water partition coefficient (Wildman–Crippen LogP) is 3.16. The monoisotopic (exact) mass is 315 g/mol. The summed E-state index contributed by atoms with van der Waals surface area (Å²) in [7, 11) is 0. The first-order chi connectivity index (χ1) is 10.3. The van der Waals surface area contributed by atoms with Crippen LogP contribution in [-0.4, -0.2) is 21.9 Å². The molecule has 0 unspecified atom stereocenters. The summed E-state index contributed by atoms with van der Waals surface area (Å²) in [4.78, 5) is 11.7. The van der Waals surface area contributed by atoms with Gasteiger partial charge in [-0.2, -0.15) is 18.3 Å². The molecule has 4 nitrogen and oxygen atoms in total. The van der Waals surface area contributed by atoms with Crippen LogP contribution in [0, 0.1) is 5.82 Å². The molecule has 118 valence electrons. The number of aryl methyl sites for hydroxylation is 1. The summed E-state index contributed by atoms with van der Waals surface area (Å²) in [5, 5.41) is 5.99. The molecule has 22 heavy (non-hydrogen) atoms. The summed E-state index contributed by atoms with van der Waals surface area (Å²) in [6.07, 6.45) is -1.56. The lowest BCUT2D eigenvalue weighted by Crippen LogP contribution is -2.18. The highest BCUT2D eigenvalue weighted by Crippen LogP contribution is 2.18. The van der Waals surface area contributed by atoms with Crippen molar-refractivity contribution in [3.05, 3.63) is 48.0 Å². The molecule has 1 aromatic heterocycles. The molecule has 0 radical (unpaired) electrons. The molecule has 1 heterocycles. The van der Waals surface area contributed by atoms with Crippen LogP contribution in [0.2, 0.25) is 0 Å². The normalized spacial score (nSPS) is 11.5. The Morgan fingerprint density at radius 2 is 1.91 bits per heavy atom. The zero-order valence-electron chi connectivity index (χ0n) is 11.4. The van der Waals surface area contributed by atoms with Crippen LogP contribution in [-0.2, 0) is 17.8 Å². The molecule has 0 aliphatic rings. The van der Waals surface area contributed by atoms with Crippen LogP contribution in [0.15, 0.2) is 36.7 Å². The topological polar surface area (TPSA) is 46.9 Å². The third-order valence-electron chi connectivity index (χ3n) is 2.81. The van der Waals surface area contributed by atoms with Crippen molar-refractivity contribution in [2.24, 2.45) is 0 Å². The molecule has 0 fully saturated rings. The van der Waals surface area contributed by atoms with E-state index in [9.17, 15) is 22.4 Å². The SMILES string of the molecule is O=C(CCc1ccc(F)cc1)Nc1cnn(CC(F)(F)F)c1. The maximum absolute atomic E-state index is 12.7. The van der Waals surface area contributed by atoms with Crippen molar-refractivity contribution in [2.75, 3.05) is 5.32 Å². The van der Waals surface area contributed by atoms with E-state index < -0.39 is 12.7 Å². The van der Waals surface area contributed by atoms with E-state index in [1.54, 1.807) is 12.1 Å². The first-order valence-corrected chi connectivity index (χ1v) is 6.45. The second-order valence-electron chi connectivity index (χ2n) is 4.72. The van der Waals surface area contributed by atoms with Crippen molar-refractivity contribution in [1.82, 2.24) is 9.78 Å². The smallest absolute Gasteiger partial charge is 0.323 e. The number of nitrogens with one attached hydrogen (secondary N) is 1. The van der Waals surface area contributed by atoms with Crippen molar-refractivity contribution in [3.63, 3.8) is 0 Å². The van der Waals surface area contributed by atoms with Gasteiger partial charge in [-0.25, -0.2) is 4.39 Å². The Morgan fingerprint density at radius 1 is 1.23 bits per heavy atom. The van der Waals surface area contributed by atoms with Crippen LogP contribution in [0.4, 0.5) is 23.2 Å². The third kappa shape index (κ3) is 5.19. The van der Waals surface area contributed by atoms with Crippen molar-refractivity contribution in [1.29, 1.82) is 0 Å². The van der Waals surface area contributed by atoms with Gasteiger partial charge in [0.25, 0.3) is 0 Å². The van der Waals surface area contributed by atoms with Crippen molar-refractivity contribution >= 4 is 11.6 Å². The van der Waals surface area contributed by atoms with E-state index in [4.69, 9.17) is 0 Å². The number of rotatable bonds is 5. The van der Waals surface area contributed by atoms with Gasteiger partial charge in [-0.05, 0) is 24.1 Å². The Bertz CT molecular complexity index is 634. The Labute approximate surface area is 123 Å². The van der Waals surface area contributed by atoms with Gasteiger partial charge >= 0.3 is 6.18 Å². The van der Waals surface area contributed by atoms with Gasteiger partial charge in [0.2, 0.25) is 5.91 Å².